The number of benzene rings is 1. The van der Waals surface area contributed by atoms with E-state index in [1.165, 1.54) is 14.2 Å². The van der Waals surface area contributed by atoms with E-state index < -0.39 is 0 Å². The first kappa shape index (κ1) is 14.4. The van der Waals surface area contributed by atoms with Crippen LogP contribution in [-0.4, -0.2) is 32.6 Å². The fraction of sp³-hybridized carbons (Fsp3) is 0.308. The molecule has 1 N–H and O–H groups in total. The van der Waals surface area contributed by atoms with Crippen LogP contribution in [0.1, 0.15) is 10.4 Å². The topological polar surface area (TPSA) is 47.6 Å². The van der Waals surface area contributed by atoms with Crippen molar-refractivity contribution >= 4 is 17.5 Å². The lowest BCUT2D eigenvalue weighted by Crippen LogP contribution is -2.24. The maximum atomic E-state index is 11.9. The molecule has 0 aromatic heterocycles. The average Bonchev–Trinajstić information content (AvgIpc) is 2.42. The number of hydrogen-bond acceptors (Lipinski definition) is 3. The van der Waals surface area contributed by atoms with Crippen LogP contribution in [0.3, 0.4) is 0 Å². The van der Waals surface area contributed by atoms with E-state index in [4.69, 9.17) is 21.1 Å². The highest BCUT2D eigenvalue weighted by atomic mass is 35.5. The number of ether oxygens (including phenoxy) is 2. The van der Waals surface area contributed by atoms with Crippen molar-refractivity contribution in [3.63, 3.8) is 0 Å². The summed E-state index contributed by atoms with van der Waals surface area (Å²) in [5.41, 5.74) is 0.441. The number of hydrogen-bond donors (Lipinski definition) is 1. The van der Waals surface area contributed by atoms with E-state index >= 15 is 0 Å². The zero-order chi connectivity index (χ0) is 13.4. The largest absolute Gasteiger partial charge is 0.493 e. The minimum Gasteiger partial charge on any atom is -0.493 e. The monoisotopic (exact) mass is 269 g/mol. The molecule has 0 saturated carbocycles. The molecule has 0 spiro atoms. The molecule has 0 heterocycles. The van der Waals surface area contributed by atoms with Crippen LogP contribution < -0.4 is 14.8 Å². The number of rotatable bonds is 6. The highest BCUT2D eigenvalue weighted by Crippen LogP contribution is 2.30. The highest BCUT2D eigenvalue weighted by Gasteiger charge is 2.15. The number of allylic oxidation sites excluding steroid dienone is 1. The Labute approximate surface area is 112 Å². The number of amides is 1. The quantitative estimate of drug-likeness (QED) is 0.636. The van der Waals surface area contributed by atoms with Gasteiger partial charge in [-0.3, -0.25) is 4.79 Å². The van der Waals surface area contributed by atoms with Gasteiger partial charge in [-0.1, -0.05) is 18.2 Å². The van der Waals surface area contributed by atoms with Gasteiger partial charge in [0.15, 0.2) is 11.5 Å². The number of carbonyl (C=O) groups is 1. The Balaban J connectivity index is 2.81. The lowest BCUT2D eigenvalue weighted by Gasteiger charge is -2.11. The summed E-state index contributed by atoms with van der Waals surface area (Å²) in [5.74, 6) is 1.17. The first-order valence-electron chi connectivity index (χ1n) is 5.44. The maximum Gasteiger partial charge on any atom is 0.255 e. The molecule has 0 aliphatic heterocycles. The molecule has 98 valence electrons. The summed E-state index contributed by atoms with van der Waals surface area (Å²) in [5, 5.41) is 2.74. The van der Waals surface area contributed by atoms with Gasteiger partial charge in [0.25, 0.3) is 5.91 Å². The Morgan fingerprint density at radius 2 is 2.11 bits per heavy atom. The van der Waals surface area contributed by atoms with Crippen LogP contribution in [0.25, 0.3) is 0 Å². The van der Waals surface area contributed by atoms with Crippen molar-refractivity contribution in [2.45, 2.75) is 0 Å². The zero-order valence-electron chi connectivity index (χ0n) is 10.4. The normalized spacial score (nSPS) is 10.4. The Kier molecular flexibility index (Phi) is 6.08. The first-order valence-corrected chi connectivity index (χ1v) is 5.98. The molecule has 0 fully saturated rings. The average molecular weight is 270 g/mol. The van der Waals surface area contributed by atoms with Gasteiger partial charge in [-0.05, 0) is 12.1 Å². The van der Waals surface area contributed by atoms with Crippen LogP contribution >= 0.6 is 11.6 Å². The molecule has 0 aliphatic rings. The van der Waals surface area contributed by atoms with Crippen LogP contribution in [0.4, 0.5) is 0 Å². The molecule has 0 atom stereocenters. The van der Waals surface area contributed by atoms with Crippen molar-refractivity contribution < 1.29 is 14.3 Å². The van der Waals surface area contributed by atoms with Crippen molar-refractivity contribution in [2.24, 2.45) is 0 Å². The van der Waals surface area contributed by atoms with Crippen LogP contribution in [0.2, 0.25) is 0 Å². The molecule has 5 heteroatoms. The van der Waals surface area contributed by atoms with Gasteiger partial charge in [0.2, 0.25) is 0 Å². The van der Waals surface area contributed by atoms with Gasteiger partial charge in [-0.2, -0.15) is 0 Å². The number of carbonyl (C=O) groups excluding carboxylic acids is 1. The molecular weight excluding hydrogens is 254 g/mol. The van der Waals surface area contributed by atoms with Gasteiger partial charge >= 0.3 is 0 Å². The zero-order valence-corrected chi connectivity index (χ0v) is 11.2. The fourth-order valence-electron chi connectivity index (χ4n) is 1.46. The molecule has 1 aromatic rings. The maximum absolute atomic E-state index is 11.9. The van der Waals surface area contributed by atoms with Gasteiger partial charge in [-0.25, -0.2) is 0 Å². The Morgan fingerprint density at radius 3 is 2.72 bits per heavy atom. The van der Waals surface area contributed by atoms with Gasteiger partial charge in [0, 0.05) is 12.4 Å². The Bertz CT molecular complexity index is 432. The highest BCUT2D eigenvalue weighted by molar-refractivity contribution is 6.18. The second-order valence-electron chi connectivity index (χ2n) is 3.38. The van der Waals surface area contributed by atoms with Crippen LogP contribution in [0.5, 0.6) is 11.5 Å². The fourth-order valence-corrected chi connectivity index (χ4v) is 1.59. The molecule has 0 radical (unpaired) electrons. The van der Waals surface area contributed by atoms with E-state index in [-0.39, 0.29) is 5.91 Å². The molecule has 4 nitrogen and oxygen atoms in total. The van der Waals surface area contributed by atoms with E-state index in [1.54, 1.807) is 30.4 Å². The smallest absolute Gasteiger partial charge is 0.255 e. The van der Waals surface area contributed by atoms with Crippen molar-refractivity contribution in [1.29, 1.82) is 0 Å². The third kappa shape index (κ3) is 3.67. The molecule has 1 aromatic carbocycles. The molecular formula is C13H16ClNO3. The second-order valence-corrected chi connectivity index (χ2v) is 3.69. The molecule has 0 bridgehead atoms. The Hall–Kier alpha value is -1.68. The third-order valence-corrected chi connectivity index (χ3v) is 2.46. The van der Waals surface area contributed by atoms with Gasteiger partial charge in [-0.15, -0.1) is 11.6 Å². The number of halogens is 1. The van der Waals surface area contributed by atoms with E-state index in [0.29, 0.717) is 29.5 Å². The molecule has 1 rings (SSSR count). The second kappa shape index (κ2) is 7.61. The van der Waals surface area contributed by atoms with Gasteiger partial charge in [0.05, 0.1) is 19.8 Å². The predicted molar refractivity (Wildman–Crippen MR) is 71.7 cm³/mol. The number of methoxy groups -OCH3 is 2. The molecule has 0 aliphatic carbocycles. The van der Waals surface area contributed by atoms with Crippen molar-refractivity contribution in [1.82, 2.24) is 5.32 Å². The molecule has 0 saturated heterocycles. The van der Waals surface area contributed by atoms with Gasteiger partial charge < -0.3 is 14.8 Å². The molecule has 18 heavy (non-hydrogen) atoms. The number of para-hydroxylation sites is 1. The van der Waals surface area contributed by atoms with E-state index in [0.717, 1.165) is 0 Å². The minimum absolute atomic E-state index is 0.218. The van der Waals surface area contributed by atoms with Crippen LogP contribution in [0, 0.1) is 0 Å². The summed E-state index contributed by atoms with van der Waals surface area (Å²) < 4.78 is 10.3. The molecule has 1 amide bonds. The summed E-state index contributed by atoms with van der Waals surface area (Å²) in [4.78, 5) is 11.9. The first-order chi connectivity index (χ1) is 8.74. The summed E-state index contributed by atoms with van der Waals surface area (Å²) in [6.45, 7) is 0.423. The van der Waals surface area contributed by atoms with Gasteiger partial charge in [0.1, 0.15) is 0 Å². The number of alkyl halides is 1. The van der Waals surface area contributed by atoms with Crippen molar-refractivity contribution in [3.8, 4) is 11.5 Å². The summed E-state index contributed by atoms with van der Waals surface area (Å²) in [7, 11) is 3.03. The lowest BCUT2D eigenvalue weighted by molar-refractivity contribution is 0.0954. The Morgan fingerprint density at radius 1 is 1.33 bits per heavy atom. The summed E-state index contributed by atoms with van der Waals surface area (Å²) >= 11 is 5.49. The SMILES string of the molecule is COc1cccc(C(=O)NC/C=C/CCl)c1OC. The third-order valence-electron chi connectivity index (χ3n) is 2.28. The van der Waals surface area contributed by atoms with Crippen LogP contribution in [-0.2, 0) is 0 Å². The van der Waals surface area contributed by atoms with E-state index in [9.17, 15) is 4.79 Å². The van der Waals surface area contributed by atoms with E-state index in [1.807, 2.05) is 0 Å². The van der Waals surface area contributed by atoms with Crippen molar-refractivity contribution in [3.05, 3.63) is 35.9 Å². The van der Waals surface area contributed by atoms with Crippen LogP contribution in [0.15, 0.2) is 30.4 Å². The predicted octanol–water partition coefficient (Wildman–Crippen LogP) is 2.23. The lowest BCUT2D eigenvalue weighted by atomic mass is 10.1. The standard InChI is InChI=1S/C13H16ClNO3/c1-17-11-7-5-6-10(12(11)18-2)13(16)15-9-4-3-8-14/h3-7H,8-9H2,1-2H3,(H,15,16)/b4-3+. The number of nitrogens with one attached hydrogen (secondary N) is 1. The van der Waals surface area contributed by atoms with Crippen molar-refractivity contribution in [2.75, 3.05) is 26.6 Å². The summed E-state index contributed by atoms with van der Waals surface area (Å²) in [6.07, 6.45) is 3.56. The van der Waals surface area contributed by atoms with E-state index in [2.05, 4.69) is 5.32 Å². The minimum atomic E-state index is -0.218. The molecule has 0 unspecified atom stereocenters. The summed E-state index contributed by atoms with van der Waals surface area (Å²) in [6, 6.07) is 5.16.